The van der Waals surface area contributed by atoms with Crippen LogP contribution >= 0.6 is 0 Å². The number of aryl methyl sites for hydroxylation is 1. The van der Waals surface area contributed by atoms with Crippen molar-refractivity contribution in [1.29, 1.82) is 0 Å². The molecule has 1 aliphatic carbocycles. The lowest BCUT2D eigenvalue weighted by Gasteiger charge is -2.38. The molecule has 0 radical (unpaired) electrons. The van der Waals surface area contributed by atoms with Gasteiger partial charge in [0.1, 0.15) is 0 Å². The predicted molar refractivity (Wildman–Crippen MR) is 71.1 cm³/mol. The van der Waals surface area contributed by atoms with E-state index >= 15 is 0 Å². The van der Waals surface area contributed by atoms with Crippen LogP contribution in [0, 0.1) is 5.92 Å². The molecule has 2 rings (SSSR count). The highest BCUT2D eigenvalue weighted by Crippen LogP contribution is 2.42. The Balaban J connectivity index is 1.90. The summed E-state index contributed by atoms with van der Waals surface area (Å²) >= 11 is 0. The van der Waals surface area contributed by atoms with Gasteiger partial charge in [-0.25, -0.2) is 0 Å². The minimum atomic E-state index is 0.230. The molecule has 2 atom stereocenters. The molecule has 96 valence electrons. The third kappa shape index (κ3) is 3.09. The van der Waals surface area contributed by atoms with Crippen LogP contribution in [-0.2, 0) is 6.54 Å². The highest BCUT2D eigenvalue weighted by atomic mass is 15.3. The Hall–Kier alpha value is -0.830. The van der Waals surface area contributed by atoms with E-state index in [4.69, 9.17) is 0 Å². The number of hydrogen-bond acceptors (Lipinski definition) is 2. The van der Waals surface area contributed by atoms with Crippen molar-refractivity contribution in [1.82, 2.24) is 15.1 Å². The van der Waals surface area contributed by atoms with Crippen molar-refractivity contribution in [2.45, 2.75) is 58.5 Å². The summed E-state index contributed by atoms with van der Waals surface area (Å²) in [4.78, 5) is 0. The van der Waals surface area contributed by atoms with Crippen molar-refractivity contribution in [3.8, 4) is 0 Å². The summed E-state index contributed by atoms with van der Waals surface area (Å²) in [5, 5.41) is 7.99. The molecule has 1 heterocycles. The molecule has 0 bridgehead atoms. The summed E-state index contributed by atoms with van der Waals surface area (Å²) < 4.78 is 2.03. The number of rotatable bonds is 4. The van der Waals surface area contributed by atoms with E-state index in [9.17, 15) is 0 Å². The van der Waals surface area contributed by atoms with Crippen LogP contribution in [0.3, 0.4) is 0 Å². The van der Waals surface area contributed by atoms with Crippen LogP contribution in [0.1, 0.15) is 52.0 Å². The number of nitrogens with zero attached hydrogens (tertiary/aromatic N) is 2. The van der Waals surface area contributed by atoms with Gasteiger partial charge in [-0.2, -0.15) is 5.10 Å². The summed E-state index contributed by atoms with van der Waals surface area (Å²) in [6.45, 7) is 10.9. The average Bonchev–Trinajstić information content (AvgIpc) is 2.62. The maximum atomic E-state index is 4.38. The summed E-state index contributed by atoms with van der Waals surface area (Å²) in [6.07, 6.45) is 6.95. The van der Waals surface area contributed by atoms with Gasteiger partial charge in [-0.15, -0.1) is 0 Å². The topological polar surface area (TPSA) is 29.9 Å². The standard InChI is InChI=1S/C14H25N3/c1-5-17-10-12(9-16-17)13-7-6-11(13)8-15-14(2,3)4/h9-11,13,15H,5-8H2,1-4H3. The van der Waals surface area contributed by atoms with E-state index in [1.807, 2.05) is 4.68 Å². The van der Waals surface area contributed by atoms with Crippen LogP contribution in [0.4, 0.5) is 0 Å². The maximum absolute atomic E-state index is 4.38. The number of nitrogens with one attached hydrogen (secondary N) is 1. The average molecular weight is 235 g/mol. The van der Waals surface area contributed by atoms with Gasteiger partial charge >= 0.3 is 0 Å². The SMILES string of the molecule is CCn1cc(C2CCC2CNC(C)(C)C)cn1. The van der Waals surface area contributed by atoms with E-state index in [0.717, 1.165) is 24.9 Å². The van der Waals surface area contributed by atoms with Crippen molar-refractivity contribution in [2.24, 2.45) is 5.92 Å². The van der Waals surface area contributed by atoms with E-state index < -0.39 is 0 Å². The minimum Gasteiger partial charge on any atom is -0.312 e. The van der Waals surface area contributed by atoms with Crippen LogP contribution in [0.5, 0.6) is 0 Å². The van der Waals surface area contributed by atoms with E-state index in [-0.39, 0.29) is 5.54 Å². The van der Waals surface area contributed by atoms with Gasteiger partial charge in [0.25, 0.3) is 0 Å². The van der Waals surface area contributed by atoms with Gasteiger partial charge in [-0.1, -0.05) is 0 Å². The quantitative estimate of drug-likeness (QED) is 0.869. The van der Waals surface area contributed by atoms with Gasteiger partial charge in [0.2, 0.25) is 0 Å². The summed E-state index contributed by atoms with van der Waals surface area (Å²) in [6, 6.07) is 0. The molecule has 1 saturated carbocycles. The summed E-state index contributed by atoms with van der Waals surface area (Å²) in [7, 11) is 0. The first-order valence-corrected chi connectivity index (χ1v) is 6.77. The zero-order chi connectivity index (χ0) is 12.5. The fourth-order valence-corrected chi connectivity index (χ4v) is 2.43. The Morgan fingerprint density at radius 3 is 2.65 bits per heavy atom. The second-order valence-electron chi connectivity index (χ2n) is 6.20. The van der Waals surface area contributed by atoms with Gasteiger partial charge in [0.15, 0.2) is 0 Å². The molecule has 1 fully saturated rings. The lowest BCUT2D eigenvalue weighted by atomic mass is 9.70. The van der Waals surface area contributed by atoms with Crippen molar-refractivity contribution < 1.29 is 0 Å². The maximum Gasteiger partial charge on any atom is 0.0524 e. The Morgan fingerprint density at radius 1 is 1.41 bits per heavy atom. The zero-order valence-corrected chi connectivity index (χ0v) is 11.5. The third-order valence-electron chi connectivity index (χ3n) is 3.72. The Kier molecular flexibility index (Phi) is 3.57. The fraction of sp³-hybridized carbons (Fsp3) is 0.786. The second-order valence-corrected chi connectivity index (χ2v) is 6.20. The van der Waals surface area contributed by atoms with Gasteiger partial charge in [-0.05, 0) is 64.5 Å². The van der Waals surface area contributed by atoms with Gasteiger partial charge in [-0.3, -0.25) is 4.68 Å². The van der Waals surface area contributed by atoms with Crippen molar-refractivity contribution in [3.05, 3.63) is 18.0 Å². The van der Waals surface area contributed by atoms with Crippen LogP contribution in [0.15, 0.2) is 12.4 Å². The van der Waals surface area contributed by atoms with Crippen molar-refractivity contribution >= 4 is 0 Å². The highest BCUT2D eigenvalue weighted by Gasteiger charge is 2.33. The van der Waals surface area contributed by atoms with Crippen LogP contribution in [0.25, 0.3) is 0 Å². The summed E-state index contributed by atoms with van der Waals surface area (Å²) in [5.74, 6) is 1.52. The Morgan fingerprint density at radius 2 is 2.18 bits per heavy atom. The predicted octanol–water partition coefficient (Wildman–Crippen LogP) is 2.78. The molecule has 3 heteroatoms. The lowest BCUT2D eigenvalue weighted by Crippen LogP contribution is -2.42. The molecule has 0 amide bonds. The molecule has 1 N–H and O–H groups in total. The van der Waals surface area contributed by atoms with E-state index in [2.05, 4.69) is 50.5 Å². The number of hydrogen-bond donors (Lipinski definition) is 1. The number of aromatic nitrogens is 2. The Labute approximate surface area is 105 Å². The van der Waals surface area contributed by atoms with Crippen LogP contribution in [-0.4, -0.2) is 21.9 Å². The van der Waals surface area contributed by atoms with E-state index in [1.165, 1.54) is 18.4 Å². The van der Waals surface area contributed by atoms with Crippen LogP contribution < -0.4 is 5.32 Å². The first-order valence-electron chi connectivity index (χ1n) is 6.77. The van der Waals surface area contributed by atoms with Crippen molar-refractivity contribution in [3.63, 3.8) is 0 Å². The van der Waals surface area contributed by atoms with E-state index in [0.29, 0.717) is 0 Å². The summed E-state index contributed by atoms with van der Waals surface area (Å²) in [5.41, 5.74) is 1.66. The molecule has 0 spiro atoms. The largest absolute Gasteiger partial charge is 0.312 e. The van der Waals surface area contributed by atoms with E-state index in [1.54, 1.807) is 0 Å². The third-order valence-corrected chi connectivity index (χ3v) is 3.72. The molecule has 0 aromatic carbocycles. The van der Waals surface area contributed by atoms with Gasteiger partial charge < -0.3 is 5.32 Å². The van der Waals surface area contributed by atoms with Crippen molar-refractivity contribution in [2.75, 3.05) is 6.54 Å². The molecule has 0 aliphatic heterocycles. The second kappa shape index (κ2) is 4.81. The normalized spacial score (nSPS) is 24.7. The molecule has 1 aromatic rings. The Bertz CT molecular complexity index is 362. The van der Waals surface area contributed by atoms with Gasteiger partial charge in [0, 0.05) is 18.3 Å². The molecular formula is C14H25N3. The van der Waals surface area contributed by atoms with Gasteiger partial charge in [0.05, 0.1) is 6.20 Å². The fourth-order valence-electron chi connectivity index (χ4n) is 2.43. The molecule has 3 nitrogen and oxygen atoms in total. The monoisotopic (exact) mass is 235 g/mol. The van der Waals surface area contributed by atoms with Crippen LogP contribution in [0.2, 0.25) is 0 Å². The molecule has 17 heavy (non-hydrogen) atoms. The molecule has 0 saturated heterocycles. The first-order chi connectivity index (χ1) is 7.99. The molecule has 2 unspecified atom stereocenters. The lowest BCUT2D eigenvalue weighted by molar-refractivity contribution is 0.225. The first kappa shape index (κ1) is 12.6. The molecule has 1 aliphatic rings. The molecular weight excluding hydrogens is 210 g/mol. The molecule has 1 aromatic heterocycles. The highest BCUT2D eigenvalue weighted by molar-refractivity contribution is 5.16. The zero-order valence-electron chi connectivity index (χ0n) is 11.5. The minimum absolute atomic E-state index is 0.230. The smallest absolute Gasteiger partial charge is 0.0524 e.